The van der Waals surface area contributed by atoms with E-state index in [4.69, 9.17) is 23.4 Å². The van der Waals surface area contributed by atoms with Crippen LogP contribution < -0.4 is 0 Å². The fourth-order valence-electron chi connectivity index (χ4n) is 4.38. The van der Waals surface area contributed by atoms with Crippen molar-refractivity contribution in [3.63, 3.8) is 0 Å². The number of epoxide rings is 1. The molecule has 6 heteroatoms. The molecule has 1 saturated heterocycles. The molecule has 0 N–H and O–H groups in total. The van der Waals surface area contributed by atoms with Gasteiger partial charge in [0.1, 0.15) is 6.79 Å². The van der Waals surface area contributed by atoms with Gasteiger partial charge in [-0.15, -0.1) is 0 Å². The molecule has 0 saturated carbocycles. The quantitative estimate of drug-likeness (QED) is 0.188. The van der Waals surface area contributed by atoms with Gasteiger partial charge in [0.25, 0.3) is 0 Å². The molecule has 0 aromatic heterocycles. The molecule has 1 rings (SSSR count). The van der Waals surface area contributed by atoms with Crippen LogP contribution in [0.2, 0.25) is 16.6 Å². The number of ether oxygens (including phenoxy) is 4. The molecule has 156 valence electrons. The lowest BCUT2D eigenvalue weighted by atomic mass is 10.00. The van der Waals surface area contributed by atoms with Gasteiger partial charge in [-0.3, -0.25) is 0 Å². The highest BCUT2D eigenvalue weighted by atomic mass is 28.4. The monoisotopic (exact) mass is 390 g/mol. The van der Waals surface area contributed by atoms with Crippen molar-refractivity contribution >= 4 is 8.32 Å². The molecule has 1 heterocycles. The maximum atomic E-state index is 6.77. The topological polar surface area (TPSA) is 49.5 Å². The first-order valence-corrected chi connectivity index (χ1v) is 12.3. The summed E-state index contributed by atoms with van der Waals surface area (Å²) in [7, 11) is -0.240. The van der Waals surface area contributed by atoms with E-state index in [-0.39, 0.29) is 24.9 Å². The maximum Gasteiger partial charge on any atom is 0.200 e. The Morgan fingerprint density at radius 2 is 1.46 bits per heavy atom. The summed E-state index contributed by atoms with van der Waals surface area (Å²) in [5.41, 5.74) is 1.69. The summed E-state index contributed by atoms with van der Waals surface area (Å²) in [6.45, 7) is 20.2. The largest absolute Gasteiger partial charge is 0.413 e. The van der Waals surface area contributed by atoms with Crippen molar-refractivity contribution in [2.24, 2.45) is 5.92 Å². The fourth-order valence-corrected chi connectivity index (χ4v) is 9.83. The number of methoxy groups -OCH3 is 1. The Hall–Kier alpha value is 0.0169. The summed E-state index contributed by atoms with van der Waals surface area (Å²) in [5.74, 6) is 0.286. The SMILES string of the molecule is COCCOCO[C@@H](CO[Si](C(C)C)(C(C)C)C(C)C)[C@@H](C)[C@@H]1O[C@@H]1C. The van der Waals surface area contributed by atoms with Crippen molar-refractivity contribution in [1.29, 1.82) is 0 Å². The predicted molar refractivity (Wildman–Crippen MR) is 108 cm³/mol. The van der Waals surface area contributed by atoms with E-state index in [1.165, 1.54) is 0 Å². The second-order valence-electron chi connectivity index (χ2n) is 8.52. The third-order valence-corrected chi connectivity index (χ3v) is 11.9. The second kappa shape index (κ2) is 11.1. The number of hydrogen-bond donors (Lipinski definition) is 0. The molecule has 1 aliphatic rings. The summed E-state index contributed by atoms with van der Waals surface area (Å²) in [4.78, 5) is 0. The Morgan fingerprint density at radius 1 is 0.923 bits per heavy atom. The molecule has 1 fully saturated rings. The normalized spacial score (nSPS) is 23.1. The summed E-state index contributed by atoms with van der Waals surface area (Å²) in [6, 6.07) is 0. The lowest BCUT2D eigenvalue weighted by Gasteiger charge is -2.43. The molecular weight excluding hydrogens is 348 g/mol. The van der Waals surface area contributed by atoms with Crippen molar-refractivity contribution in [3.8, 4) is 0 Å². The Labute approximate surface area is 162 Å². The van der Waals surface area contributed by atoms with Crippen molar-refractivity contribution in [3.05, 3.63) is 0 Å². The van der Waals surface area contributed by atoms with Crippen LogP contribution in [0.25, 0.3) is 0 Å². The van der Waals surface area contributed by atoms with Crippen LogP contribution in [-0.2, 0) is 23.4 Å². The smallest absolute Gasteiger partial charge is 0.200 e. The van der Waals surface area contributed by atoms with E-state index in [0.717, 1.165) is 0 Å². The molecule has 0 spiro atoms. The molecule has 0 radical (unpaired) electrons. The highest BCUT2D eigenvalue weighted by Gasteiger charge is 2.47. The fraction of sp³-hybridized carbons (Fsp3) is 1.00. The Morgan fingerprint density at radius 3 is 1.88 bits per heavy atom. The average molecular weight is 391 g/mol. The van der Waals surface area contributed by atoms with Gasteiger partial charge in [0, 0.05) is 13.0 Å². The molecule has 0 unspecified atom stereocenters. The van der Waals surface area contributed by atoms with Gasteiger partial charge in [-0.25, -0.2) is 0 Å². The molecule has 26 heavy (non-hydrogen) atoms. The Bertz CT molecular complexity index is 367. The second-order valence-corrected chi connectivity index (χ2v) is 14.0. The summed E-state index contributed by atoms with van der Waals surface area (Å²) < 4.78 is 29.1. The minimum atomic E-state index is -1.91. The highest BCUT2D eigenvalue weighted by molar-refractivity contribution is 6.77. The van der Waals surface area contributed by atoms with E-state index in [1.54, 1.807) is 7.11 Å². The highest BCUT2D eigenvalue weighted by Crippen LogP contribution is 2.43. The molecule has 0 aliphatic carbocycles. The number of hydrogen-bond acceptors (Lipinski definition) is 5. The van der Waals surface area contributed by atoms with Gasteiger partial charge in [-0.05, 0) is 23.5 Å². The van der Waals surface area contributed by atoms with Gasteiger partial charge in [0.15, 0.2) is 8.32 Å². The van der Waals surface area contributed by atoms with Crippen molar-refractivity contribution in [2.45, 2.75) is 90.3 Å². The first-order valence-electron chi connectivity index (χ1n) is 10.2. The first-order chi connectivity index (χ1) is 12.2. The van der Waals surface area contributed by atoms with Crippen LogP contribution in [0.3, 0.4) is 0 Å². The summed E-state index contributed by atoms with van der Waals surface area (Å²) >= 11 is 0. The Balaban J connectivity index is 2.73. The zero-order valence-electron chi connectivity index (χ0n) is 18.4. The van der Waals surface area contributed by atoms with Crippen molar-refractivity contribution in [1.82, 2.24) is 0 Å². The number of rotatable bonds is 14. The van der Waals surface area contributed by atoms with E-state index in [2.05, 4.69) is 55.4 Å². The third kappa shape index (κ3) is 6.28. The maximum absolute atomic E-state index is 6.77. The van der Waals surface area contributed by atoms with Crippen LogP contribution in [0.15, 0.2) is 0 Å². The average Bonchev–Trinajstić information content (AvgIpc) is 3.28. The first kappa shape index (κ1) is 24.1. The zero-order valence-corrected chi connectivity index (χ0v) is 19.4. The van der Waals surface area contributed by atoms with Gasteiger partial charge in [0.2, 0.25) is 0 Å². The van der Waals surface area contributed by atoms with Gasteiger partial charge >= 0.3 is 0 Å². The van der Waals surface area contributed by atoms with Crippen LogP contribution in [0, 0.1) is 5.92 Å². The molecular formula is C20H42O5Si. The lowest BCUT2D eigenvalue weighted by Crippen LogP contribution is -2.50. The van der Waals surface area contributed by atoms with Crippen LogP contribution in [0.1, 0.15) is 55.4 Å². The van der Waals surface area contributed by atoms with Gasteiger partial charge in [-0.2, -0.15) is 0 Å². The molecule has 0 aromatic rings. The van der Waals surface area contributed by atoms with Gasteiger partial charge < -0.3 is 23.4 Å². The van der Waals surface area contributed by atoms with E-state index in [9.17, 15) is 0 Å². The minimum Gasteiger partial charge on any atom is -0.413 e. The van der Waals surface area contributed by atoms with Gasteiger partial charge in [0.05, 0.1) is 38.1 Å². The lowest BCUT2D eigenvalue weighted by molar-refractivity contribution is -0.124. The van der Waals surface area contributed by atoms with Gasteiger partial charge in [-0.1, -0.05) is 48.5 Å². The van der Waals surface area contributed by atoms with E-state index in [0.29, 0.717) is 42.5 Å². The molecule has 1 aliphatic heterocycles. The summed E-state index contributed by atoms with van der Waals surface area (Å²) in [5, 5.41) is 0. The molecule has 0 amide bonds. The van der Waals surface area contributed by atoms with Crippen LogP contribution in [0.4, 0.5) is 0 Å². The third-order valence-electron chi connectivity index (χ3n) is 5.86. The molecule has 4 atom stereocenters. The van der Waals surface area contributed by atoms with Crippen molar-refractivity contribution < 1.29 is 23.4 Å². The van der Waals surface area contributed by atoms with Crippen LogP contribution in [0.5, 0.6) is 0 Å². The van der Waals surface area contributed by atoms with E-state index in [1.807, 2.05) is 0 Å². The summed E-state index contributed by atoms with van der Waals surface area (Å²) in [6.07, 6.45) is 0.555. The zero-order chi connectivity index (χ0) is 19.9. The standard InChI is InChI=1S/C20H42O5Si/c1-14(2)26(15(3)4,16(5)6)24-12-19(17(7)20-18(8)25-20)23-13-22-11-10-21-9/h14-20H,10-13H2,1-9H3/t17-,18-,19+,20+/m1/s1. The molecule has 0 bridgehead atoms. The predicted octanol–water partition coefficient (Wildman–Crippen LogP) is 4.61. The molecule has 5 nitrogen and oxygen atoms in total. The minimum absolute atomic E-state index is 0.0179. The molecule has 0 aromatic carbocycles. The Kier molecular flexibility index (Phi) is 10.3. The van der Waals surface area contributed by atoms with Crippen molar-refractivity contribution in [2.75, 3.05) is 33.7 Å². The van der Waals surface area contributed by atoms with Crippen LogP contribution >= 0.6 is 0 Å². The van der Waals surface area contributed by atoms with E-state index >= 15 is 0 Å². The van der Waals surface area contributed by atoms with E-state index < -0.39 is 8.32 Å². The van der Waals surface area contributed by atoms with Crippen LogP contribution in [-0.4, -0.2) is 60.4 Å².